The number of allylic oxidation sites excluding steroid dienone is 1. The van der Waals surface area contributed by atoms with Crippen LogP contribution < -0.4 is 15.0 Å². The Bertz CT molecular complexity index is 1440. The Morgan fingerprint density at radius 2 is 1.92 bits per heavy atom. The van der Waals surface area contributed by atoms with E-state index in [-0.39, 0.29) is 17.2 Å². The first kappa shape index (κ1) is 23.4. The van der Waals surface area contributed by atoms with Gasteiger partial charge >= 0.3 is 0 Å². The number of ether oxygens (including phenoxy) is 1. The largest absolute Gasteiger partial charge is 0.465 e. The van der Waals surface area contributed by atoms with Crippen molar-refractivity contribution in [3.63, 3.8) is 0 Å². The Balaban J connectivity index is 1.32. The molecule has 0 spiro atoms. The van der Waals surface area contributed by atoms with Crippen molar-refractivity contribution in [2.24, 2.45) is 4.99 Å². The molecule has 0 unspecified atom stereocenters. The molecule has 0 radical (unpaired) electrons. The molecule has 1 fully saturated rings. The minimum Gasteiger partial charge on any atom is -0.465 e. The lowest BCUT2D eigenvalue weighted by atomic mass is 10.1. The van der Waals surface area contributed by atoms with Gasteiger partial charge in [-0.2, -0.15) is 9.97 Å². The van der Waals surface area contributed by atoms with Gasteiger partial charge in [-0.05, 0) is 38.6 Å². The summed E-state index contributed by atoms with van der Waals surface area (Å²) in [4.78, 5) is 18.0. The molecule has 190 valence electrons. The standard InChI is InChI=1S/C27H26F2N6O2/c1-16-10-18-19(11-16)26(29)22(13-20(18)28)37-25-14-24(32-27(33-25)35-7-5-34(2)6-8-35)31-23-12-17(15-30-23)21-4-3-9-36-21/h3-4,9,11-14H,5-8,10,15H2,1-2H3,(H,30,31,32,33). The molecule has 0 saturated carbocycles. The Labute approximate surface area is 213 Å². The van der Waals surface area contributed by atoms with E-state index in [1.807, 2.05) is 30.0 Å². The van der Waals surface area contributed by atoms with Gasteiger partial charge in [-0.1, -0.05) is 11.6 Å². The fraction of sp³-hybridized carbons (Fsp3) is 0.296. The number of piperazine rings is 1. The van der Waals surface area contributed by atoms with Gasteiger partial charge < -0.3 is 24.3 Å². The number of nitrogens with zero attached hydrogens (tertiary/aromatic N) is 5. The number of benzene rings is 1. The van der Waals surface area contributed by atoms with Gasteiger partial charge in [0.15, 0.2) is 11.6 Å². The molecule has 0 atom stereocenters. The molecule has 37 heavy (non-hydrogen) atoms. The second-order valence-corrected chi connectivity index (χ2v) is 9.49. The maximum Gasteiger partial charge on any atom is 0.230 e. The summed E-state index contributed by atoms with van der Waals surface area (Å²) in [6, 6.07) is 6.36. The average Bonchev–Trinajstić information content (AvgIpc) is 3.64. The van der Waals surface area contributed by atoms with Crippen molar-refractivity contribution >= 4 is 29.3 Å². The van der Waals surface area contributed by atoms with E-state index >= 15 is 4.39 Å². The van der Waals surface area contributed by atoms with Gasteiger partial charge in [0.1, 0.15) is 23.2 Å². The van der Waals surface area contributed by atoms with Crippen LogP contribution in [0.5, 0.6) is 11.6 Å². The Morgan fingerprint density at radius 1 is 1.08 bits per heavy atom. The highest BCUT2D eigenvalue weighted by Gasteiger charge is 2.24. The summed E-state index contributed by atoms with van der Waals surface area (Å²) in [7, 11) is 2.06. The monoisotopic (exact) mass is 504 g/mol. The molecule has 0 amide bonds. The quantitative estimate of drug-likeness (QED) is 0.537. The molecule has 3 aromatic rings. The normalized spacial score (nSPS) is 17.4. The molecule has 1 N–H and O–H groups in total. The Morgan fingerprint density at radius 3 is 2.70 bits per heavy atom. The van der Waals surface area contributed by atoms with E-state index in [2.05, 4.69) is 32.2 Å². The van der Waals surface area contributed by atoms with Crippen molar-refractivity contribution in [2.45, 2.75) is 13.3 Å². The molecule has 8 nitrogen and oxygen atoms in total. The topological polar surface area (TPSA) is 79.0 Å². The van der Waals surface area contributed by atoms with Crippen molar-refractivity contribution in [1.82, 2.24) is 14.9 Å². The zero-order valence-electron chi connectivity index (χ0n) is 20.6. The van der Waals surface area contributed by atoms with Gasteiger partial charge in [0.25, 0.3) is 0 Å². The molecule has 1 aromatic carbocycles. The third kappa shape index (κ3) is 4.72. The van der Waals surface area contributed by atoms with Crippen molar-refractivity contribution < 1.29 is 17.9 Å². The minimum absolute atomic E-state index is 0.109. The maximum atomic E-state index is 15.3. The average molecular weight is 505 g/mol. The fourth-order valence-corrected chi connectivity index (χ4v) is 4.67. The smallest absolute Gasteiger partial charge is 0.230 e. The number of hydrogen-bond donors (Lipinski definition) is 1. The van der Waals surface area contributed by atoms with Crippen LogP contribution in [0.4, 0.5) is 20.5 Å². The van der Waals surface area contributed by atoms with Crippen LogP contribution in [0.3, 0.4) is 0 Å². The van der Waals surface area contributed by atoms with Crippen LogP contribution >= 0.6 is 0 Å². The first-order valence-corrected chi connectivity index (χ1v) is 12.2. The van der Waals surface area contributed by atoms with Crippen LogP contribution in [0, 0.1) is 11.6 Å². The molecule has 2 aliphatic heterocycles. The third-order valence-electron chi connectivity index (χ3n) is 6.69. The van der Waals surface area contributed by atoms with Crippen molar-refractivity contribution in [3.05, 3.63) is 70.7 Å². The molecule has 2 aromatic heterocycles. The molecular formula is C27H26F2N6O2. The van der Waals surface area contributed by atoms with Crippen molar-refractivity contribution in [3.8, 4) is 11.6 Å². The zero-order chi connectivity index (χ0) is 25.5. The van der Waals surface area contributed by atoms with Gasteiger partial charge in [0.05, 0.1) is 12.8 Å². The van der Waals surface area contributed by atoms with Gasteiger partial charge in [-0.3, -0.25) is 4.99 Å². The number of aliphatic imine (C=N–C) groups is 1. The molecule has 0 bridgehead atoms. The van der Waals surface area contributed by atoms with Crippen LogP contribution in [-0.4, -0.2) is 60.5 Å². The predicted molar refractivity (Wildman–Crippen MR) is 138 cm³/mol. The number of nitrogens with one attached hydrogen (secondary N) is 1. The number of halogens is 2. The van der Waals surface area contributed by atoms with Gasteiger partial charge in [-0.15, -0.1) is 0 Å². The van der Waals surface area contributed by atoms with Crippen molar-refractivity contribution in [2.75, 3.05) is 50.0 Å². The Kier molecular flexibility index (Phi) is 5.96. The summed E-state index contributed by atoms with van der Waals surface area (Å²) >= 11 is 0. The minimum atomic E-state index is -0.603. The lowest BCUT2D eigenvalue weighted by Gasteiger charge is -2.32. The van der Waals surface area contributed by atoms with Crippen LogP contribution in [0.15, 0.2) is 51.6 Å². The highest BCUT2D eigenvalue weighted by molar-refractivity contribution is 6.10. The molecular weight excluding hydrogens is 478 g/mol. The second-order valence-electron chi connectivity index (χ2n) is 9.49. The molecule has 4 heterocycles. The summed E-state index contributed by atoms with van der Waals surface area (Å²) in [6.07, 6.45) is 5.56. The van der Waals surface area contributed by atoms with Crippen LogP contribution in [0.25, 0.3) is 11.6 Å². The first-order chi connectivity index (χ1) is 17.9. The van der Waals surface area contributed by atoms with E-state index in [0.29, 0.717) is 36.1 Å². The van der Waals surface area contributed by atoms with Crippen LogP contribution in [0.1, 0.15) is 23.8 Å². The summed E-state index contributed by atoms with van der Waals surface area (Å²) in [5.74, 6) is 1.04. The third-order valence-corrected chi connectivity index (χ3v) is 6.69. The summed E-state index contributed by atoms with van der Waals surface area (Å²) in [6.45, 7) is 5.50. The van der Waals surface area contributed by atoms with Crippen LogP contribution in [0.2, 0.25) is 0 Å². The molecule has 10 heteroatoms. The second kappa shape index (κ2) is 9.44. The van der Waals surface area contributed by atoms with E-state index in [1.54, 1.807) is 18.4 Å². The molecule has 3 aliphatic rings. The molecule has 6 rings (SSSR count). The maximum absolute atomic E-state index is 15.3. The number of furan rings is 1. The van der Waals surface area contributed by atoms with E-state index in [4.69, 9.17) is 9.15 Å². The molecule has 1 saturated heterocycles. The Hall–Kier alpha value is -4.05. The van der Waals surface area contributed by atoms with Gasteiger partial charge in [0.2, 0.25) is 11.8 Å². The first-order valence-electron chi connectivity index (χ1n) is 12.2. The lowest BCUT2D eigenvalue weighted by molar-refractivity contribution is 0.310. The van der Waals surface area contributed by atoms with Crippen molar-refractivity contribution in [1.29, 1.82) is 0 Å². The SMILES string of the molecule is CC1=Cc2c(F)c(Oc3cc(NC4=NCC(c5ccco5)=C4)nc(N4CCN(C)CC4)n3)cc(F)c2C1. The number of hydrogen-bond acceptors (Lipinski definition) is 8. The van der Waals surface area contributed by atoms with E-state index < -0.39 is 11.6 Å². The zero-order valence-corrected chi connectivity index (χ0v) is 20.6. The number of fused-ring (bicyclic) bond motifs is 1. The van der Waals surface area contributed by atoms with Gasteiger partial charge in [0, 0.05) is 55.0 Å². The highest BCUT2D eigenvalue weighted by Crippen LogP contribution is 2.36. The number of aromatic nitrogens is 2. The molecule has 1 aliphatic carbocycles. The fourth-order valence-electron chi connectivity index (χ4n) is 4.67. The summed E-state index contributed by atoms with van der Waals surface area (Å²) in [5, 5.41) is 3.21. The lowest BCUT2D eigenvalue weighted by Crippen LogP contribution is -2.45. The number of likely N-dealkylation sites (N-methyl/N-ethyl adjacent to an activating group) is 1. The highest BCUT2D eigenvalue weighted by atomic mass is 19.1. The van der Waals surface area contributed by atoms with E-state index in [9.17, 15) is 4.39 Å². The number of rotatable bonds is 5. The summed E-state index contributed by atoms with van der Waals surface area (Å²) in [5.41, 5.74) is 2.42. The van der Waals surface area contributed by atoms with Gasteiger partial charge in [-0.25, -0.2) is 8.78 Å². The van der Waals surface area contributed by atoms with Crippen LogP contribution in [-0.2, 0) is 6.42 Å². The predicted octanol–water partition coefficient (Wildman–Crippen LogP) is 4.76. The van der Waals surface area contributed by atoms with E-state index in [0.717, 1.165) is 49.2 Å². The van der Waals surface area contributed by atoms with E-state index in [1.165, 1.54) is 0 Å². The number of amidine groups is 1. The number of anilines is 2. The summed E-state index contributed by atoms with van der Waals surface area (Å²) < 4.78 is 41.3.